The van der Waals surface area contributed by atoms with Gasteiger partial charge in [-0.15, -0.1) is 0 Å². The van der Waals surface area contributed by atoms with Gasteiger partial charge in [0.05, 0.1) is 17.4 Å². The number of pyridine rings is 1. The summed E-state index contributed by atoms with van der Waals surface area (Å²) in [6.07, 6.45) is 10.7. The van der Waals surface area contributed by atoms with Crippen LogP contribution in [0.4, 0.5) is 5.69 Å². The molecule has 0 aromatic carbocycles. The Kier molecular flexibility index (Phi) is 4.58. The third kappa shape index (κ3) is 3.27. The number of ketones is 1. The lowest BCUT2D eigenvalue weighted by Gasteiger charge is -2.07. The molecule has 1 aliphatic rings. The highest BCUT2D eigenvalue weighted by molar-refractivity contribution is 6.16. The molecule has 31 heavy (non-hydrogen) atoms. The summed E-state index contributed by atoms with van der Waals surface area (Å²) in [6.45, 7) is 4.05. The van der Waals surface area contributed by atoms with Crippen molar-refractivity contribution in [2.75, 3.05) is 5.32 Å². The number of hydrogen-bond donors (Lipinski definition) is 2. The van der Waals surface area contributed by atoms with Crippen molar-refractivity contribution >= 4 is 28.4 Å². The second-order valence-corrected chi connectivity index (χ2v) is 7.93. The van der Waals surface area contributed by atoms with Crippen molar-refractivity contribution < 1.29 is 9.59 Å². The number of anilines is 1. The summed E-state index contributed by atoms with van der Waals surface area (Å²) in [6, 6.07) is 1.76. The summed E-state index contributed by atoms with van der Waals surface area (Å²) in [5.74, 6) is -0.515. The minimum Gasteiger partial charge on any atom is -0.329 e. The van der Waals surface area contributed by atoms with Crippen molar-refractivity contribution in [3.63, 3.8) is 0 Å². The predicted octanol–water partition coefficient (Wildman–Crippen LogP) is 3.10. The average Bonchev–Trinajstić information content (AvgIpc) is 3.47. The van der Waals surface area contributed by atoms with Gasteiger partial charge in [-0.1, -0.05) is 0 Å². The topological polar surface area (TPSA) is 118 Å². The largest absolute Gasteiger partial charge is 0.329 e. The van der Waals surface area contributed by atoms with E-state index in [4.69, 9.17) is 0 Å². The fourth-order valence-corrected chi connectivity index (χ4v) is 4.05. The number of nitrogens with one attached hydrogen (secondary N) is 2. The summed E-state index contributed by atoms with van der Waals surface area (Å²) in [4.78, 5) is 38.6. The van der Waals surface area contributed by atoms with Crippen LogP contribution in [0.1, 0.15) is 64.0 Å². The minimum atomic E-state index is -0.310. The molecule has 0 fully saturated rings. The monoisotopic (exact) mass is 415 g/mol. The SMILES string of the molecule is CC(C)n1cc(C(=O)c2cncc(NC(=O)c3n[nH]c4c3CCC4)c2)c2cncnc21. The van der Waals surface area contributed by atoms with Gasteiger partial charge in [-0.3, -0.25) is 19.7 Å². The van der Waals surface area contributed by atoms with Crippen LogP contribution in [0.5, 0.6) is 0 Å². The van der Waals surface area contributed by atoms with Crippen LogP contribution in [0.25, 0.3) is 11.0 Å². The maximum absolute atomic E-state index is 13.3. The number of aromatic nitrogens is 6. The van der Waals surface area contributed by atoms with Crippen LogP contribution in [-0.4, -0.2) is 41.4 Å². The van der Waals surface area contributed by atoms with Crippen molar-refractivity contribution in [1.29, 1.82) is 0 Å². The van der Waals surface area contributed by atoms with Crippen LogP contribution in [0.15, 0.2) is 37.2 Å². The first kappa shape index (κ1) is 19.1. The number of carbonyl (C=O) groups is 2. The number of rotatable bonds is 5. The van der Waals surface area contributed by atoms with Crippen molar-refractivity contribution in [1.82, 2.24) is 29.7 Å². The summed E-state index contributed by atoms with van der Waals surface area (Å²) in [5, 5.41) is 10.6. The molecule has 1 amide bonds. The fourth-order valence-electron chi connectivity index (χ4n) is 4.05. The molecule has 1 aliphatic carbocycles. The molecule has 0 saturated heterocycles. The standard InChI is InChI=1S/C22H21N7O2/c1-12(2)29-10-17(16-9-24-11-25-21(16)29)20(30)13-6-14(8-23-7-13)26-22(31)19-15-4-3-5-18(15)27-28-19/h6-12H,3-5H2,1-2H3,(H,26,31)(H,27,28). The van der Waals surface area contributed by atoms with Gasteiger partial charge < -0.3 is 9.88 Å². The number of H-pyrrole nitrogens is 1. The molecule has 0 atom stereocenters. The van der Waals surface area contributed by atoms with Crippen molar-refractivity contribution in [3.05, 3.63) is 65.3 Å². The number of aromatic amines is 1. The molecule has 0 aliphatic heterocycles. The van der Waals surface area contributed by atoms with Crippen LogP contribution in [0, 0.1) is 0 Å². The summed E-state index contributed by atoms with van der Waals surface area (Å²) >= 11 is 0. The van der Waals surface area contributed by atoms with E-state index >= 15 is 0 Å². The second-order valence-electron chi connectivity index (χ2n) is 7.93. The van der Waals surface area contributed by atoms with Gasteiger partial charge in [-0.2, -0.15) is 5.10 Å². The Morgan fingerprint density at radius 1 is 1.16 bits per heavy atom. The maximum Gasteiger partial charge on any atom is 0.276 e. The molecular weight excluding hydrogens is 394 g/mol. The van der Waals surface area contributed by atoms with Gasteiger partial charge in [0.2, 0.25) is 0 Å². The van der Waals surface area contributed by atoms with Crippen molar-refractivity contribution in [3.8, 4) is 0 Å². The maximum atomic E-state index is 13.3. The smallest absolute Gasteiger partial charge is 0.276 e. The van der Waals surface area contributed by atoms with Gasteiger partial charge in [-0.05, 0) is 39.2 Å². The van der Waals surface area contributed by atoms with Crippen LogP contribution in [0.2, 0.25) is 0 Å². The first-order chi connectivity index (χ1) is 15.0. The third-order valence-electron chi connectivity index (χ3n) is 5.57. The highest BCUT2D eigenvalue weighted by Crippen LogP contribution is 2.26. The van der Waals surface area contributed by atoms with Gasteiger partial charge in [-0.25, -0.2) is 9.97 Å². The Balaban J connectivity index is 1.45. The first-order valence-electron chi connectivity index (χ1n) is 10.2. The second kappa shape index (κ2) is 7.42. The van der Waals surface area contributed by atoms with Gasteiger partial charge in [0.15, 0.2) is 11.5 Å². The molecule has 0 spiro atoms. The van der Waals surface area contributed by atoms with Crippen LogP contribution in [-0.2, 0) is 12.8 Å². The van der Waals surface area contributed by atoms with Crippen LogP contribution >= 0.6 is 0 Å². The van der Waals surface area contributed by atoms with Gasteiger partial charge in [0, 0.05) is 46.8 Å². The molecule has 2 N–H and O–H groups in total. The summed E-state index contributed by atoms with van der Waals surface area (Å²) in [5.41, 5.74) is 4.42. The Morgan fingerprint density at radius 2 is 2.03 bits per heavy atom. The number of amides is 1. The Morgan fingerprint density at radius 3 is 2.87 bits per heavy atom. The van der Waals surface area contributed by atoms with Crippen molar-refractivity contribution in [2.45, 2.75) is 39.2 Å². The molecular formula is C22H21N7O2. The number of aryl methyl sites for hydroxylation is 1. The highest BCUT2D eigenvalue weighted by Gasteiger charge is 2.24. The normalized spacial score (nSPS) is 13.0. The molecule has 4 aromatic heterocycles. The number of nitrogens with zero attached hydrogens (tertiary/aromatic N) is 5. The van der Waals surface area contributed by atoms with Gasteiger partial charge in [0.25, 0.3) is 5.91 Å². The van der Waals surface area contributed by atoms with E-state index in [9.17, 15) is 9.59 Å². The molecule has 0 saturated carbocycles. The van der Waals surface area contributed by atoms with Crippen LogP contribution < -0.4 is 5.32 Å². The van der Waals surface area contributed by atoms with E-state index in [1.807, 2.05) is 18.4 Å². The van der Waals surface area contributed by atoms with Gasteiger partial charge in [0.1, 0.15) is 12.0 Å². The Bertz CT molecular complexity index is 1320. The minimum absolute atomic E-state index is 0.137. The van der Waals surface area contributed by atoms with E-state index in [0.29, 0.717) is 33.5 Å². The molecule has 4 aromatic rings. The summed E-state index contributed by atoms with van der Waals surface area (Å²) < 4.78 is 1.95. The molecule has 0 unspecified atom stereocenters. The van der Waals surface area contributed by atoms with E-state index in [0.717, 1.165) is 30.5 Å². The number of carbonyl (C=O) groups excluding carboxylic acids is 2. The molecule has 0 bridgehead atoms. The molecule has 9 nitrogen and oxygen atoms in total. The first-order valence-corrected chi connectivity index (χ1v) is 10.2. The highest BCUT2D eigenvalue weighted by atomic mass is 16.2. The quantitative estimate of drug-likeness (QED) is 0.484. The molecule has 4 heterocycles. The molecule has 156 valence electrons. The lowest BCUT2D eigenvalue weighted by atomic mass is 10.1. The zero-order chi connectivity index (χ0) is 21.5. The van der Waals surface area contributed by atoms with Gasteiger partial charge >= 0.3 is 0 Å². The van der Waals surface area contributed by atoms with E-state index in [1.165, 1.54) is 18.7 Å². The predicted molar refractivity (Wildman–Crippen MR) is 114 cm³/mol. The lowest BCUT2D eigenvalue weighted by Crippen LogP contribution is -2.15. The average molecular weight is 415 g/mol. The van der Waals surface area contributed by atoms with E-state index in [1.54, 1.807) is 18.5 Å². The third-order valence-corrected chi connectivity index (χ3v) is 5.57. The zero-order valence-corrected chi connectivity index (χ0v) is 17.2. The summed E-state index contributed by atoms with van der Waals surface area (Å²) in [7, 11) is 0. The van der Waals surface area contributed by atoms with E-state index in [2.05, 4.69) is 30.5 Å². The Labute approximate surface area is 177 Å². The lowest BCUT2D eigenvalue weighted by molar-refractivity contribution is 0.101. The Hall–Kier alpha value is -3.88. The van der Waals surface area contributed by atoms with Crippen LogP contribution in [0.3, 0.4) is 0 Å². The molecule has 5 rings (SSSR count). The number of fused-ring (bicyclic) bond motifs is 2. The van der Waals surface area contributed by atoms with Crippen molar-refractivity contribution in [2.24, 2.45) is 0 Å². The fraction of sp³-hybridized carbons (Fsp3) is 0.273. The number of hydrogen-bond acceptors (Lipinski definition) is 6. The van der Waals surface area contributed by atoms with E-state index in [-0.39, 0.29) is 17.7 Å². The molecule has 0 radical (unpaired) electrons. The molecule has 9 heteroatoms. The zero-order valence-electron chi connectivity index (χ0n) is 17.2. The van der Waals surface area contributed by atoms with E-state index < -0.39 is 0 Å².